The molecule has 1 heterocycles. The third-order valence-electron chi connectivity index (χ3n) is 3.86. The maximum absolute atomic E-state index is 6.45. The number of hydrogen-bond donors (Lipinski definition) is 1. The van der Waals surface area contributed by atoms with Gasteiger partial charge in [0.05, 0.1) is 6.04 Å². The zero-order valence-corrected chi connectivity index (χ0v) is 13.3. The fourth-order valence-corrected chi connectivity index (χ4v) is 3.14. The minimum Gasteiger partial charge on any atom is -0.490 e. The fraction of sp³-hybridized carbons (Fsp3) is 0.294. The Kier molecular flexibility index (Phi) is 3.57. The summed E-state index contributed by atoms with van der Waals surface area (Å²) >= 11 is 3.52. The van der Waals surface area contributed by atoms with Crippen molar-refractivity contribution in [2.75, 3.05) is 0 Å². The Labute approximate surface area is 128 Å². The number of hydrogen-bond acceptors (Lipinski definition) is 2. The highest BCUT2D eigenvalue weighted by Gasteiger charge is 2.21. The van der Waals surface area contributed by atoms with E-state index >= 15 is 0 Å². The summed E-state index contributed by atoms with van der Waals surface area (Å²) in [5, 5.41) is 0. The number of halogens is 1. The Hall–Kier alpha value is -1.32. The molecule has 2 nitrogen and oxygen atoms in total. The van der Waals surface area contributed by atoms with Crippen molar-refractivity contribution in [1.82, 2.24) is 0 Å². The van der Waals surface area contributed by atoms with Crippen LogP contribution in [-0.2, 0) is 6.42 Å². The SMILES string of the molecule is Cc1ccc(Br)cc1C(N)c1ccc2c(c1)CC(C)O2. The van der Waals surface area contributed by atoms with Crippen LogP contribution < -0.4 is 10.5 Å². The van der Waals surface area contributed by atoms with E-state index in [-0.39, 0.29) is 12.1 Å². The molecule has 0 bridgehead atoms. The molecule has 0 aliphatic carbocycles. The maximum atomic E-state index is 6.45. The van der Waals surface area contributed by atoms with Crippen LogP contribution in [-0.4, -0.2) is 6.10 Å². The lowest BCUT2D eigenvalue weighted by Gasteiger charge is -2.16. The molecule has 2 aromatic carbocycles. The zero-order valence-electron chi connectivity index (χ0n) is 11.7. The molecular formula is C17H18BrNO. The van der Waals surface area contributed by atoms with Crippen molar-refractivity contribution < 1.29 is 4.74 Å². The van der Waals surface area contributed by atoms with Crippen molar-refractivity contribution >= 4 is 15.9 Å². The lowest BCUT2D eigenvalue weighted by atomic mass is 9.94. The Morgan fingerprint density at radius 1 is 1.25 bits per heavy atom. The van der Waals surface area contributed by atoms with Gasteiger partial charge in [0.15, 0.2) is 0 Å². The number of benzene rings is 2. The molecule has 0 amide bonds. The second-order valence-corrected chi connectivity index (χ2v) is 6.39. The fourth-order valence-electron chi connectivity index (χ4n) is 2.76. The van der Waals surface area contributed by atoms with Gasteiger partial charge in [-0.15, -0.1) is 0 Å². The number of fused-ring (bicyclic) bond motifs is 1. The van der Waals surface area contributed by atoms with Gasteiger partial charge in [-0.1, -0.05) is 34.1 Å². The van der Waals surface area contributed by atoms with E-state index < -0.39 is 0 Å². The van der Waals surface area contributed by atoms with Gasteiger partial charge >= 0.3 is 0 Å². The zero-order chi connectivity index (χ0) is 14.3. The van der Waals surface area contributed by atoms with E-state index in [1.54, 1.807) is 0 Å². The third-order valence-corrected chi connectivity index (χ3v) is 4.35. The van der Waals surface area contributed by atoms with Crippen molar-refractivity contribution in [3.05, 3.63) is 63.1 Å². The van der Waals surface area contributed by atoms with Crippen molar-refractivity contribution in [2.45, 2.75) is 32.4 Å². The first-order chi connectivity index (χ1) is 9.54. The molecule has 2 atom stereocenters. The number of nitrogens with two attached hydrogens (primary N) is 1. The quantitative estimate of drug-likeness (QED) is 0.897. The summed E-state index contributed by atoms with van der Waals surface area (Å²) in [5.74, 6) is 0.999. The van der Waals surface area contributed by atoms with E-state index in [2.05, 4.69) is 54.0 Å². The third kappa shape index (κ3) is 2.48. The number of aryl methyl sites for hydroxylation is 1. The minimum atomic E-state index is -0.103. The smallest absolute Gasteiger partial charge is 0.123 e. The highest BCUT2D eigenvalue weighted by atomic mass is 79.9. The first kappa shape index (κ1) is 13.7. The lowest BCUT2D eigenvalue weighted by Crippen LogP contribution is -2.13. The summed E-state index contributed by atoms with van der Waals surface area (Å²) < 4.78 is 6.80. The summed E-state index contributed by atoms with van der Waals surface area (Å²) in [6.45, 7) is 4.19. The molecule has 0 spiro atoms. The molecule has 0 radical (unpaired) electrons. The molecule has 20 heavy (non-hydrogen) atoms. The van der Waals surface area contributed by atoms with Crippen LogP contribution in [0.1, 0.15) is 35.2 Å². The van der Waals surface area contributed by atoms with E-state index in [9.17, 15) is 0 Å². The number of ether oxygens (including phenoxy) is 1. The van der Waals surface area contributed by atoms with Crippen molar-refractivity contribution in [2.24, 2.45) is 5.73 Å². The van der Waals surface area contributed by atoms with Crippen LogP contribution >= 0.6 is 15.9 Å². The lowest BCUT2D eigenvalue weighted by molar-refractivity contribution is 0.254. The second kappa shape index (κ2) is 5.23. The molecule has 1 aliphatic heterocycles. The second-order valence-electron chi connectivity index (χ2n) is 5.48. The van der Waals surface area contributed by atoms with Crippen LogP contribution in [0.15, 0.2) is 40.9 Å². The molecule has 2 aromatic rings. The van der Waals surface area contributed by atoms with Crippen LogP contribution in [0.4, 0.5) is 0 Å². The van der Waals surface area contributed by atoms with Crippen LogP contribution in [0, 0.1) is 6.92 Å². The van der Waals surface area contributed by atoms with Gasteiger partial charge in [-0.3, -0.25) is 0 Å². The topological polar surface area (TPSA) is 35.2 Å². The van der Waals surface area contributed by atoms with Gasteiger partial charge in [0.1, 0.15) is 11.9 Å². The van der Waals surface area contributed by atoms with Crippen LogP contribution in [0.5, 0.6) is 5.75 Å². The summed E-state index contributed by atoms with van der Waals surface area (Å²) in [4.78, 5) is 0. The van der Waals surface area contributed by atoms with Gasteiger partial charge in [-0.25, -0.2) is 0 Å². The van der Waals surface area contributed by atoms with Crippen LogP contribution in [0.25, 0.3) is 0 Å². The van der Waals surface area contributed by atoms with E-state index in [1.165, 1.54) is 11.1 Å². The molecule has 2 N–H and O–H groups in total. The monoisotopic (exact) mass is 331 g/mol. The summed E-state index contributed by atoms with van der Waals surface area (Å²) in [7, 11) is 0. The Morgan fingerprint density at radius 3 is 2.85 bits per heavy atom. The normalized spacial score (nSPS) is 18.5. The largest absolute Gasteiger partial charge is 0.490 e. The van der Waals surface area contributed by atoms with Gasteiger partial charge in [0.2, 0.25) is 0 Å². The molecule has 0 saturated carbocycles. The first-order valence-electron chi connectivity index (χ1n) is 6.85. The van der Waals surface area contributed by atoms with Gasteiger partial charge in [0, 0.05) is 10.9 Å². The van der Waals surface area contributed by atoms with Gasteiger partial charge in [-0.05, 0) is 54.3 Å². The van der Waals surface area contributed by atoms with E-state index in [1.807, 2.05) is 12.1 Å². The van der Waals surface area contributed by atoms with E-state index in [0.717, 1.165) is 27.8 Å². The van der Waals surface area contributed by atoms with Gasteiger partial charge < -0.3 is 10.5 Å². The Morgan fingerprint density at radius 2 is 2.05 bits per heavy atom. The standard InChI is InChI=1S/C17H18BrNO/c1-10-3-5-14(18)9-15(10)17(19)12-4-6-16-13(8-12)7-11(2)20-16/h3-6,8-9,11,17H,7,19H2,1-2H3. The van der Waals surface area contributed by atoms with Gasteiger partial charge in [-0.2, -0.15) is 0 Å². The van der Waals surface area contributed by atoms with Gasteiger partial charge in [0.25, 0.3) is 0 Å². The van der Waals surface area contributed by atoms with Crippen molar-refractivity contribution in [3.63, 3.8) is 0 Å². The van der Waals surface area contributed by atoms with Crippen molar-refractivity contribution in [3.8, 4) is 5.75 Å². The average Bonchev–Trinajstić information content (AvgIpc) is 2.79. The minimum absolute atomic E-state index is 0.103. The molecule has 3 rings (SSSR count). The van der Waals surface area contributed by atoms with Crippen molar-refractivity contribution in [1.29, 1.82) is 0 Å². The van der Waals surface area contributed by atoms with Crippen LogP contribution in [0.2, 0.25) is 0 Å². The highest BCUT2D eigenvalue weighted by Crippen LogP contribution is 2.33. The molecule has 0 fully saturated rings. The molecule has 3 heteroatoms. The summed E-state index contributed by atoms with van der Waals surface area (Å²) in [6.07, 6.45) is 1.23. The van der Waals surface area contributed by atoms with E-state index in [0.29, 0.717) is 0 Å². The first-order valence-corrected chi connectivity index (χ1v) is 7.65. The molecule has 1 aliphatic rings. The predicted octanol–water partition coefficient (Wildman–Crippen LogP) is 4.13. The maximum Gasteiger partial charge on any atom is 0.123 e. The van der Waals surface area contributed by atoms with Crippen LogP contribution in [0.3, 0.4) is 0 Å². The molecule has 104 valence electrons. The Balaban J connectivity index is 1.97. The molecule has 0 aromatic heterocycles. The summed E-state index contributed by atoms with van der Waals surface area (Å²) in [5.41, 5.74) is 11.2. The highest BCUT2D eigenvalue weighted by molar-refractivity contribution is 9.10. The molecular weight excluding hydrogens is 314 g/mol. The Bertz CT molecular complexity index is 653. The molecule has 2 unspecified atom stereocenters. The molecule has 0 saturated heterocycles. The number of rotatable bonds is 2. The summed E-state index contributed by atoms with van der Waals surface area (Å²) in [6, 6.07) is 12.4. The average molecular weight is 332 g/mol. The van der Waals surface area contributed by atoms with E-state index in [4.69, 9.17) is 10.5 Å². The predicted molar refractivity (Wildman–Crippen MR) is 85.1 cm³/mol.